The first-order valence-corrected chi connectivity index (χ1v) is 30.2. The van der Waals surface area contributed by atoms with Crippen molar-refractivity contribution in [3.8, 4) is 0 Å². The molecule has 0 aliphatic carbocycles. The quantitative estimate of drug-likeness (QED) is 0.0394. The summed E-state index contributed by atoms with van der Waals surface area (Å²) in [5.41, 5.74) is 0.526. The summed E-state index contributed by atoms with van der Waals surface area (Å²) in [6.45, 7) is 8.30. The molecule has 0 fully saturated rings. The fourth-order valence-electron chi connectivity index (χ4n) is 10.2. The summed E-state index contributed by atoms with van der Waals surface area (Å²) in [7, 11) is -18.3. The normalized spacial score (nSPS) is 18.7. The molecule has 4 aromatic carbocycles. The second-order valence-electron chi connectivity index (χ2n) is 18.8. The van der Waals surface area contributed by atoms with E-state index in [1.807, 2.05) is 30.2 Å². The molecule has 0 amide bonds. The number of carboxylic acid groups (broad SMARTS) is 1. The van der Waals surface area contributed by atoms with Crippen molar-refractivity contribution in [1.82, 2.24) is 0 Å². The maximum Gasteiger partial charge on any atom is 0.303 e. The SMILES string of the molecule is CCN1/C(=C/C=C/C2=[N+](CCCCCC(=O)O)c3ccc4c(S(=O)(=O)[O-])cc(S(=O)(=O)[O-])cc4c3C2(C)CCOCCOCCOC)C(C)(CCOCCOCCOC)c2c1ccc1c(S(=O)(=O)[O-])cc(S(=O)(=O)[O-])cc21. The van der Waals surface area contributed by atoms with Gasteiger partial charge in [0.15, 0.2) is 5.71 Å². The third kappa shape index (κ3) is 14.2. The van der Waals surface area contributed by atoms with Crippen molar-refractivity contribution in [2.24, 2.45) is 0 Å². The Morgan fingerprint density at radius 2 is 1.09 bits per heavy atom. The summed E-state index contributed by atoms with van der Waals surface area (Å²) < 4.78 is 188. The summed E-state index contributed by atoms with van der Waals surface area (Å²) in [5.74, 6) is -0.975. The molecule has 0 aromatic heterocycles. The highest BCUT2D eigenvalue weighted by Crippen LogP contribution is 2.54. The number of rotatable bonds is 31. The van der Waals surface area contributed by atoms with Crippen LogP contribution in [0.4, 0.5) is 11.4 Å². The van der Waals surface area contributed by atoms with Crippen molar-refractivity contribution in [2.45, 2.75) is 89.7 Å². The highest BCUT2D eigenvalue weighted by Gasteiger charge is 2.49. The molecule has 0 saturated heterocycles. The molecule has 0 radical (unpaired) electrons. The van der Waals surface area contributed by atoms with E-state index >= 15 is 0 Å². The van der Waals surface area contributed by atoms with E-state index in [2.05, 4.69) is 0 Å². The van der Waals surface area contributed by atoms with Gasteiger partial charge in [0.05, 0.1) is 77.9 Å². The molecular formula is C51H63N2O20S4-3. The zero-order chi connectivity index (χ0) is 56.6. The Bertz CT molecular complexity index is 3400. The van der Waals surface area contributed by atoms with Crippen LogP contribution in [0.3, 0.4) is 0 Å². The Morgan fingerprint density at radius 3 is 1.57 bits per heavy atom. The molecule has 6 rings (SSSR count). The van der Waals surface area contributed by atoms with Gasteiger partial charge in [-0.1, -0.05) is 12.1 Å². The van der Waals surface area contributed by atoms with Crippen LogP contribution in [0.5, 0.6) is 0 Å². The minimum Gasteiger partial charge on any atom is -0.744 e. The van der Waals surface area contributed by atoms with E-state index in [4.69, 9.17) is 28.4 Å². The van der Waals surface area contributed by atoms with E-state index in [1.165, 1.54) is 26.4 Å². The second-order valence-corrected chi connectivity index (χ2v) is 24.2. The number of unbranched alkanes of at least 4 members (excludes halogenated alkanes) is 2. The predicted molar refractivity (Wildman–Crippen MR) is 277 cm³/mol. The molecule has 4 aromatic rings. The summed E-state index contributed by atoms with van der Waals surface area (Å²) in [5, 5.41) is 9.18. The number of benzene rings is 4. The Labute approximate surface area is 449 Å². The molecule has 2 aliphatic heterocycles. The van der Waals surface area contributed by atoms with E-state index < -0.39 is 76.9 Å². The number of methoxy groups -OCH3 is 2. The van der Waals surface area contributed by atoms with Gasteiger partial charge < -0.3 is 56.6 Å². The fourth-order valence-corrected chi connectivity index (χ4v) is 12.9. The van der Waals surface area contributed by atoms with Gasteiger partial charge in [-0.3, -0.25) is 4.79 Å². The van der Waals surface area contributed by atoms with Gasteiger partial charge >= 0.3 is 5.97 Å². The number of anilines is 1. The molecular weight excluding hydrogens is 1090 g/mol. The average Bonchev–Trinajstić information content (AvgIpc) is 3.97. The highest BCUT2D eigenvalue weighted by molar-refractivity contribution is 7.87. The third-order valence-corrected chi connectivity index (χ3v) is 17.2. The maximum absolute atomic E-state index is 12.8. The molecule has 2 heterocycles. The molecule has 424 valence electrons. The lowest BCUT2D eigenvalue weighted by Gasteiger charge is -2.30. The van der Waals surface area contributed by atoms with Crippen LogP contribution >= 0.6 is 0 Å². The molecule has 1 N–H and O–H groups in total. The van der Waals surface area contributed by atoms with E-state index in [1.54, 1.807) is 30.4 Å². The number of fused-ring (bicyclic) bond motifs is 6. The first kappa shape index (κ1) is 61.4. The smallest absolute Gasteiger partial charge is 0.303 e. The predicted octanol–water partition coefficient (Wildman–Crippen LogP) is 4.99. The zero-order valence-electron chi connectivity index (χ0n) is 43.3. The van der Waals surface area contributed by atoms with Gasteiger partial charge in [-0.25, -0.2) is 33.7 Å². The number of nitrogens with zero attached hydrogens (tertiary/aromatic N) is 2. The van der Waals surface area contributed by atoms with Gasteiger partial charge in [-0.15, -0.1) is 0 Å². The first-order valence-electron chi connectivity index (χ1n) is 24.6. The van der Waals surface area contributed by atoms with Crippen LogP contribution in [0.15, 0.2) is 92.0 Å². The molecule has 26 heteroatoms. The largest absolute Gasteiger partial charge is 0.744 e. The van der Waals surface area contributed by atoms with Gasteiger partial charge in [-0.2, -0.15) is 4.58 Å². The number of carboxylic acids is 1. The molecule has 22 nitrogen and oxygen atoms in total. The molecule has 2 aliphatic rings. The number of ether oxygens (including phenoxy) is 6. The van der Waals surface area contributed by atoms with Gasteiger partial charge in [0.2, 0.25) is 5.69 Å². The minimum absolute atomic E-state index is 0.00255. The van der Waals surface area contributed by atoms with Crippen LogP contribution in [0, 0.1) is 0 Å². The van der Waals surface area contributed by atoms with Crippen molar-refractivity contribution in [3.63, 3.8) is 0 Å². The van der Waals surface area contributed by atoms with Crippen LogP contribution < -0.4 is 4.90 Å². The molecule has 0 bridgehead atoms. The lowest BCUT2D eigenvalue weighted by Crippen LogP contribution is -2.33. The van der Waals surface area contributed by atoms with Crippen molar-refractivity contribution in [2.75, 3.05) is 98.3 Å². The number of aliphatic carboxylic acids is 1. The minimum atomic E-state index is -5.38. The number of carbonyl (C=O) groups is 1. The zero-order valence-corrected chi connectivity index (χ0v) is 46.6. The lowest BCUT2D eigenvalue weighted by atomic mass is 9.74. The molecule has 0 saturated carbocycles. The van der Waals surface area contributed by atoms with Gasteiger partial charge in [-0.05, 0) is 111 Å². The van der Waals surface area contributed by atoms with Crippen LogP contribution in [0.1, 0.15) is 70.4 Å². The molecule has 77 heavy (non-hydrogen) atoms. The highest BCUT2D eigenvalue weighted by atomic mass is 32.2. The van der Waals surface area contributed by atoms with Crippen LogP contribution in [-0.2, 0) is 84.5 Å². The van der Waals surface area contributed by atoms with Crippen LogP contribution in [-0.4, -0.2) is 167 Å². The number of hydrogen-bond acceptors (Lipinski definition) is 20. The summed E-state index contributed by atoms with van der Waals surface area (Å²) >= 11 is 0. The Balaban J connectivity index is 1.58. The Kier molecular flexibility index (Phi) is 20.4. The van der Waals surface area contributed by atoms with E-state index in [0.29, 0.717) is 98.3 Å². The van der Waals surface area contributed by atoms with Crippen molar-refractivity contribution in [3.05, 3.63) is 83.6 Å². The average molecular weight is 1150 g/mol. The van der Waals surface area contributed by atoms with Gasteiger partial charge in [0, 0.05) is 86.7 Å². The maximum atomic E-state index is 12.8. The van der Waals surface area contributed by atoms with Crippen molar-refractivity contribution < 1.29 is 94.8 Å². The first-order chi connectivity index (χ1) is 36.2. The fraction of sp³-hybridized carbons (Fsp3) is 0.490. The summed E-state index contributed by atoms with van der Waals surface area (Å²) in [6.07, 6.45) is 6.80. The van der Waals surface area contributed by atoms with Crippen LogP contribution in [0.2, 0.25) is 0 Å². The number of hydrogen-bond donors (Lipinski definition) is 1. The Hall–Kier alpha value is -4.78. The monoisotopic (exact) mass is 1150 g/mol. The van der Waals surface area contributed by atoms with Crippen LogP contribution in [0.25, 0.3) is 21.5 Å². The number of likely N-dealkylation sites (N-methyl/N-ethyl adjacent to an activating group) is 1. The summed E-state index contributed by atoms with van der Waals surface area (Å²) in [4.78, 5) is 9.71. The van der Waals surface area contributed by atoms with Crippen molar-refractivity contribution >= 4 is 85.1 Å². The summed E-state index contributed by atoms with van der Waals surface area (Å²) in [6, 6.07) is 9.19. The second kappa shape index (κ2) is 25.6. The lowest BCUT2D eigenvalue weighted by molar-refractivity contribution is -0.438. The standard InChI is InChI=1S/C51H66N2O20S4/c1-6-52-41-16-14-37-39(31-35(74(56,57)58)33-43(37)76(62,63)64)48(41)50(2,18-21-70-27-29-72-25-23-68-4)45(52)11-10-12-46-51(3,19-22-71-28-30-73-26-24-69-5)49-40-32-36(75(59,60)61)34-44(77(65,66)67)38(40)15-17-42(49)53(46)20-9-7-8-13-47(54)55/h10-12,14-17,31-34H,6-9,13,18-30H2,1-5H3,(H4-,54,55,56,57,58,59,60,61,62,63,64,65,66,67)/p-3. The van der Waals surface area contributed by atoms with E-state index in [-0.39, 0.29) is 87.0 Å². The van der Waals surface area contributed by atoms with Crippen molar-refractivity contribution in [1.29, 1.82) is 0 Å². The van der Waals surface area contributed by atoms with E-state index in [9.17, 15) is 61.8 Å². The van der Waals surface area contributed by atoms with Gasteiger partial charge in [0.1, 0.15) is 47.0 Å². The van der Waals surface area contributed by atoms with E-state index in [0.717, 1.165) is 12.1 Å². The van der Waals surface area contributed by atoms with Gasteiger partial charge in [0.25, 0.3) is 0 Å². The number of allylic oxidation sites excluding steroid dienone is 4. The molecule has 2 unspecified atom stereocenters. The molecule has 2 atom stereocenters. The molecule has 0 spiro atoms. The topological polar surface area (TPSA) is 328 Å². The Morgan fingerprint density at radius 1 is 0.610 bits per heavy atom. The third-order valence-electron chi connectivity index (χ3n) is 13.8.